The van der Waals surface area contributed by atoms with Gasteiger partial charge in [0, 0.05) is 1.37 Å². The minimum atomic E-state index is -2.63. The first-order chi connectivity index (χ1) is 9.07. The summed E-state index contributed by atoms with van der Waals surface area (Å²) in [4.78, 5) is 11.4. The smallest absolute Gasteiger partial charge is 0.322 e. The van der Waals surface area contributed by atoms with Crippen LogP contribution in [0.1, 0.15) is 12.4 Å². The predicted octanol–water partition coefficient (Wildman–Crippen LogP) is 0.141. The lowest BCUT2D eigenvalue weighted by atomic mass is 10.1. The molecule has 0 bridgehead atoms. The molecule has 1 aromatic carbocycles. The van der Waals surface area contributed by atoms with Crippen LogP contribution in [-0.4, -0.2) is 29.3 Å². The molecule has 0 aliphatic heterocycles. The molecule has 2 unspecified atom stereocenters. The Morgan fingerprint density at radius 3 is 3.00 bits per heavy atom. The molecule has 82 valence electrons. The SMILES string of the molecule is [2H]c1c([2H])c(C([2H])C([2H])(N)C(=O)OC)c([2H])c(O)c1O. The van der Waals surface area contributed by atoms with Crippen molar-refractivity contribution in [2.75, 3.05) is 7.11 Å². The van der Waals surface area contributed by atoms with Crippen molar-refractivity contribution < 1.29 is 26.6 Å². The first-order valence-corrected chi connectivity index (χ1v) is 3.88. The van der Waals surface area contributed by atoms with Gasteiger partial charge in [-0.1, -0.05) is 6.04 Å². The highest BCUT2D eigenvalue weighted by molar-refractivity contribution is 5.75. The summed E-state index contributed by atoms with van der Waals surface area (Å²) in [5.41, 5.74) is 4.74. The van der Waals surface area contributed by atoms with Crippen LogP contribution < -0.4 is 5.73 Å². The zero-order valence-electron chi connectivity index (χ0n) is 12.9. The van der Waals surface area contributed by atoms with Crippen molar-refractivity contribution in [3.8, 4) is 11.5 Å². The highest BCUT2D eigenvalue weighted by atomic mass is 16.5. The first-order valence-electron chi connectivity index (χ1n) is 6.46. The average Bonchev–Trinajstić information content (AvgIpc) is 2.41. The van der Waals surface area contributed by atoms with Gasteiger partial charge in [-0.2, -0.15) is 0 Å². The van der Waals surface area contributed by atoms with Crippen LogP contribution >= 0.6 is 0 Å². The fourth-order valence-electron chi connectivity index (χ4n) is 0.808. The predicted molar refractivity (Wildman–Crippen MR) is 53.5 cm³/mol. The van der Waals surface area contributed by atoms with Crippen LogP contribution in [0.5, 0.6) is 11.5 Å². The van der Waals surface area contributed by atoms with E-state index in [1.54, 1.807) is 0 Å². The number of phenols is 2. The third kappa shape index (κ3) is 2.85. The van der Waals surface area contributed by atoms with E-state index < -0.39 is 53.6 Å². The highest BCUT2D eigenvalue weighted by Crippen LogP contribution is 2.25. The molecule has 0 aromatic heterocycles. The molecule has 0 aliphatic carbocycles. The number of hydrogen-bond acceptors (Lipinski definition) is 5. The molecule has 0 saturated heterocycles. The summed E-state index contributed by atoms with van der Waals surface area (Å²) in [5.74, 6) is -3.27. The van der Waals surface area contributed by atoms with Crippen LogP contribution in [0.4, 0.5) is 0 Å². The molecule has 0 amide bonds. The van der Waals surface area contributed by atoms with Gasteiger partial charge < -0.3 is 20.7 Å². The van der Waals surface area contributed by atoms with Crippen molar-refractivity contribution in [2.24, 2.45) is 5.73 Å². The summed E-state index contributed by atoms with van der Waals surface area (Å²) in [5, 5.41) is 18.8. The topological polar surface area (TPSA) is 92.8 Å². The molecule has 0 heterocycles. The van der Waals surface area contributed by atoms with E-state index in [-0.39, 0.29) is 0 Å². The minimum absolute atomic E-state index is 0.617. The van der Waals surface area contributed by atoms with Crippen LogP contribution in [0.15, 0.2) is 18.1 Å². The first kappa shape index (κ1) is 5.97. The van der Waals surface area contributed by atoms with E-state index in [1.165, 1.54) is 0 Å². The Balaban J connectivity index is 3.52. The van der Waals surface area contributed by atoms with Crippen LogP contribution in [0.3, 0.4) is 0 Å². The van der Waals surface area contributed by atoms with Gasteiger partial charge in [0.05, 0.1) is 12.6 Å². The number of ether oxygens (including phenoxy) is 1. The van der Waals surface area contributed by atoms with Crippen LogP contribution in [0.2, 0.25) is 0 Å². The number of aromatic hydroxyl groups is 2. The number of rotatable bonds is 3. The van der Waals surface area contributed by atoms with E-state index >= 15 is 0 Å². The lowest BCUT2D eigenvalue weighted by Crippen LogP contribution is -2.33. The van der Waals surface area contributed by atoms with Crippen LogP contribution in [0, 0.1) is 0 Å². The maximum absolute atomic E-state index is 11.4. The van der Waals surface area contributed by atoms with E-state index in [9.17, 15) is 15.0 Å². The molecule has 0 spiro atoms. The second-order valence-corrected chi connectivity index (χ2v) is 2.58. The Hall–Kier alpha value is -1.75. The Kier molecular flexibility index (Phi) is 1.85. The zero-order valence-corrected chi connectivity index (χ0v) is 7.87. The maximum atomic E-state index is 11.4. The number of carbonyl (C=O) groups is 1. The molecule has 1 rings (SSSR count). The van der Waals surface area contributed by atoms with Crippen molar-refractivity contribution in [2.45, 2.75) is 12.4 Å². The quantitative estimate of drug-likeness (QED) is 0.493. The van der Waals surface area contributed by atoms with Gasteiger partial charge in [0.2, 0.25) is 0 Å². The summed E-state index contributed by atoms with van der Waals surface area (Å²) >= 11 is 0. The summed E-state index contributed by atoms with van der Waals surface area (Å²) in [6.45, 7) is 0. The summed E-state index contributed by atoms with van der Waals surface area (Å²) in [6.07, 6.45) is -1.95. The normalized spacial score (nSPS) is 21.1. The second-order valence-electron chi connectivity index (χ2n) is 2.58. The Labute approximate surface area is 94.1 Å². The fourth-order valence-corrected chi connectivity index (χ4v) is 0.808. The molecule has 1 aromatic rings. The molecular weight excluding hydrogens is 198 g/mol. The van der Waals surface area contributed by atoms with Gasteiger partial charge in [0.15, 0.2) is 11.5 Å². The standard InChI is InChI=1S/C10H13NO4/c1-15-10(14)7(11)4-6-2-3-8(12)9(13)5-6/h2-3,5,7,12-13H,4,11H2,1H3/i2D,3D,4D,5D,7D. The number of benzene rings is 1. The van der Waals surface area contributed by atoms with Crippen molar-refractivity contribution in [3.63, 3.8) is 0 Å². The van der Waals surface area contributed by atoms with Gasteiger partial charge in [-0.05, 0) is 24.0 Å². The van der Waals surface area contributed by atoms with Crippen molar-refractivity contribution in [1.29, 1.82) is 0 Å². The number of phenolic OH excluding ortho intramolecular Hbond substituents is 2. The molecule has 5 nitrogen and oxygen atoms in total. The Bertz CT molecular complexity index is 534. The van der Waals surface area contributed by atoms with E-state index in [4.69, 9.17) is 12.6 Å². The van der Waals surface area contributed by atoms with Gasteiger partial charge in [0.25, 0.3) is 0 Å². The minimum Gasteiger partial charge on any atom is -0.504 e. The molecule has 0 radical (unpaired) electrons. The third-order valence-corrected chi connectivity index (χ3v) is 1.51. The lowest BCUT2D eigenvalue weighted by Gasteiger charge is -2.09. The maximum Gasteiger partial charge on any atom is 0.322 e. The molecule has 5 heteroatoms. The van der Waals surface area contributed by atoms with Gasteiger partial charge in [0.1, 0.15) is 6.02 Å². The second kappa shape index (κ2) is 4.65. The Morgan fingerprint density at radius 2 is 2.40 bits per heavy atom. The third-order valence-electron chi connectivity index (χ3n) is 1.51. The van der Waals surface area contributed by atoms with Crippen molar-refractivity contribution in [3.05, 3.63) is 23.7 Å². The van der Waals surface area contributed by atoms with Crippen molar-refractivity contribution >= 4 is 5.97 Å². The van der Waals surface area contributed by atoms with E-state index in [2.05, 4.69) is 4.74 Å². The van der Waals surface area contributed by atoms with E-state index in [1.807, 2.05) is 0 Å². The fraction of sp³-hybridized carbons (Fsp3) is 0.300. The largest absolute Gasteiger partial charge is 0.504 e. The van der Waals surface area contributed by atoms with Crippen LogP contribution in [-0.2, 0) is 15.9 Å². The van der Waals surface area contributed by atoms with Gasteiger partial charge in [-0.3, -0.25) is 4.79 Å². The molecule has 15 heavy (non-hydrogen) atoms. The summed E-state index contributed by atoms with van der Waals surface area (Å²) < 4.78 is 42.2. The van der Waals surface area contributed by atoms with Gasteiger partial charge in [-0.25, -0.2) is 0 Å². The average molecular weight is 216 g/mol. The highest BCUT2D eigenvalue weighted by Gasteiger charge is 2.14. The summed E-state index contributed by atoms with van der Waals surface area (Å²) in [7, 11) is 0.957. The molecule has 4 N–H and O–H groups in total. The molecule has 0 saturated carbocycles. The molecule has 2 atom stereocenters. The number of carbonyl (C=O) groups excluding carboxylic acids is 1. The van der Waals surface area contributed by atoms with E-state index in [0.29, 0.717) is 0 Å². The van der Waals surface area contributed by atoms with E-state index in [0.717, 1.165) is 7.11 Å². The van der Waals surface area contributed by atoms with Gasteiger partial charge >= 0.3 is 5.97 Å². The van der Waals surface area contributed by atoms with Gasteiger partial charge in [-0.15, -0.1) is 0 Å². The summed E-state index contributed by atoms with van der Waals surface area (Å²) in [6, 6.07) is -5.06. The molecule has 0 fully saturated rings. The zero-order chi connectivity index (χ0) is 15.8. The number of hydrogen-bond donors (Lipinski definition) is 3. The number of methoxy groups -OCH3 is 1. The molecule has 0 aliphatic rings. The van der Waals surface area contributed by atoms with Crippen LogP contribution in [0.25, 0.3) is 0 Å². The number of esters is 1. The van der Waals surface area contributed by atoms with Crippen molar-refractivity contribution in [1.82, 2.24) is 0 Å². The monoisotopic (exact) mass is 216 g/mol. The Morgan fingerprint density at radius 1 is 1.73 bits per heavy atom. The number of nitrogens with two attached hydrogens (primary N) is 1. The lowest BCUT2D eigenvalue weighted by molar-refractivity contribution is -0.142. The molecular formula is C10H13NO4.